The average molecular weight is 273 g/mol. The second-order valence-electron chi connectivity index (χ2n) is 5.17. The van der Waals surface area contributed by atoms with Gasteiger partial charge in [0.2, 0.25) is 0 Å². The smallest absolute Gasteiger partial charge is 0.0727 e. The summed E-state index contributed by atoms with van der Waals surface area (Å²) in [5, 5.41) is 4.63. The first kappa shape index (κ1) is 14.6. The Bertz CT molecular complexity index is 577. The molecule has 1 heterocycles. The van der Waals surface area contributed by atoms with E-state index in [0.717, 1.165) is 40.8 Å². The van der Waals surface area contributed by atoms with E-state index in [-0.39, 0.29) is 0 Å². The Labute approximate surface area is 120 Å². The highest BCUT2D eigenvalue weighted by molar-refractivity contribution is 5.93. The second-order valence-corrected chi connectivity index (χ2v) is 5.17. The van der Waals surface area contributed by atoms with Gasteiger partial charge in [-0.2, -0.15) is 0 Å². The van der Waals surface area contributed by atoms with Crippen molar-refractivity contribution < 1.29 is 4.74 Å². The molecule has 0 amide bonds. The standard InChI is InChI=1S/C16H23N3O/c1-4-5-13(10-20-3)19-16-8-11(2)18-15-7-6-12(17)9-14(15)16/h6-9,13H,4-5,10,17H2,1-3H3,(H,18,19). The van der Waals surface area contributed by atoms with Gasteiger partial charge < -0.3 is 15.8 Å². The molecular formula is C16H23N3O. The molecule has 1 aromatic carbocycles. The number of methoxy groups -OCH3 is 1. The zero-order valence-electron chi connectivity index (χ0n) is 12.4. The van der Waals surface area contributed by atoms with Crippen molar-refractivity contribution in [2.24, 2.45) is 0 Å². The first-order valence-electron chi connectivity index (χ1n) is 7.06. The molecule has 1 atom stereocenters. The summed E-state index contributed by atoms with van der Waals surface area (Å²) >= 11 is 0. The van der Waals surface area contributed by atoms with E-state index in [0.29, 0.717) is 12.6 Å². The van der Waals surface area contributed by atoms with Gasteiger partial charge in [-0.25, -0.2) is 0 Å². The maximum Gasteiger partial charge on any atom is 0.0727 e. The van der Waals surface area contributed by atoms with Crippen LogP contribution < -0.4 is 11.1 Å². The van der Waals surface area contributed by atoms with Crippen molar-refractivity contribution in [3.63, 3.8) is 0 Å². The van der Waals surface area contributed by atoms with Crippen LogP contribution in [0.25, 0.3) is 10.9 Å². The van der Waals surface area contributed by atoms with Gasteiger partial charge in [-0.05, 0) is 37.6 Å². The summed E-state index contributed by atoms with van der Waals surface area (Å²) < 4.78 is 5.29. The number of hydrogen-bond acceptors (Lipinski definition) is 4. The van der Waals surface area contributed by atoms with Crippen LogP contribution in [-0.2, 0) is 4.74 Å². The molecule has 0 radical (unpaired) electrons. The lowest BCUT2D eigenvalue weighted by molar-refractivity contribution is 0.182. The van der Waals surface area contributed by atoms with Crippen molar-refractivity contribution in [1.82, 2.24) is 4.98 Å². The van der Waals surface area contributed by atoms with E-state index in [1.165, 1.54) is 0 Å². The molecule has 0 aliphatic carbocycles. The van der Waals surface area contributed by atoms with E-state index >= 15 is 0 Å². The third-order valence-electron chi connectivity index (χ3n) is 3.33. The first-order chi connectivity index (χ1) is 9.63. The minimum atomic E-state index is 0.302. The number of rotatable bonds is 6. The van der Waals surface area contributed by atoms with Crippen molar-refractivity contribution in [2.45, 2.75) is 32.7 Å². The minimum Gasteiger partial charge on any atom is -0.399 e. The highest BCUT2D eigenvalue weighted by Crippen LogP contribution is 2.26. The van der Waals surface area contributed by atoms with Crippen LogP contribution in [0, 0.1) is 6.92 Å². The van der Waals surface area contributed by atoms with E-state index in [1.807, 2.05) is 25.1 Å². The van der Waals surface area contributed by atoms with Gasteiger partial charge in [0.1, 0.15) is 0 Å². The fourth-order valence-electron chi connectivity index (χ4n) is 2.46. The van der Waals surface area contributed by atoms with Gasteiger partial charge in [0.15, 0.2) is 0 Å². The lowest BCUT2D eigenvalue weighted by Gasteiger charge is -2.20. The van der Waals surface area contributed by atoms with Gasteiger partial charge in [-0.3, -0.25) is 4.98 Å². The van der Waals surface area contributed by atoms with Crippen molar-refractivity contribution in [2.75, 3.05) is 24.8 Å². The third-order valence-corrected chi connectivity index (χ3v) is 3.33. The molecule has 1 aromatic heterocycles. The van der Waals surface area contributed by atoms with E-state index in [1.54, 1.807) is 7.11 Å². The molecule has 0 saturated heterocycles. The van der Waals surface area contributed by atoms with Crippen molar-refractivity contribution in [3.05, 3.63) is 30.0 Å². The largest absolute Gasteiger partial charge is 0.399 e. The predicted molar refractivity (Wildman–Crippen MR) is 85.1 cm³/mol. The van der Waals surface area contributed by atoms with Crippen LogP contribution in [0.15, 0.2) is 24.3 Å². The molecule has 0 saturated carbocycles. The molecule has 2 rings (SSSR count). The summed E-state index contributed by atoms with van der Waals surface area (Å²) in [5.41, 5.74) is 9.70. The van der Waals surface area contributed by atoms with Crippen LogP contribution in [0.3, 0.4) is 0 Å². The number of nitrogens with two attached hydrogens (primary N) is 1. The number of aryl methyl sites for hydroxylation is 1. The van der Waals surface area contributed by atoms with Gasteiger partial charge in [0, 0.05) is 35.6 Å². The molecule has 1 unspecified atom stereocenters. The number of fused-ring (bicyclic) bond motifs is 1. The number of nitrogens with zero attached hydrogens (tertiary/aromatic N) is 1. The fraction of sp³-hybridized carbons (Fsp3) is 0.438. The van der Waals surface area contributed by atoms with Crippen LogP contribution in [0.2, 0.25) is 0 Å². The predicted octanol–water partition coefficient (Wildman–Crippen LogP) is 3.35. The monoisotopic (exact) mass is 273 g/mol. The van der Waals surface area contributed by atoms with Gasteiger partial charge in [0.25, 0.3) is 0 Å². The Morgan fingerprint density at radius 1 is 1.35 bits per heavy atom. The highest BCUT2D eigenvalue weighted by atomic mass is 16.5. The van der Waals surface area contributed by atoms with Crippen LogP contribution in [-0.4, -0.2) is 24.7 Å². The molecule has 0 aliphatic heterocycles. The first-order valence-corrected chi connectivity index (χ1v) is 7.06. The number of nitrogen functional groups attached to an aromatic ring is 1. The zero-order chi connectivity index (χ0) is 14.5. The summed E-state index contributed by atoms with van der Waals surface area (Å²) in [7, 11) is 1.73. The third kappa shape index (κ3) is 3.39. The molecule has 108 valence electrons. The maximum atomic E-state index is 5.90. The molecule has 4 nitrogen and oxygen atoms in total. The number of hydrogen-bond donors (Lipinski definition) is 2. The number of benzene rings is 1. The van der Waals surface area contributed by atoms with Gasteiger partial charge in [0.05, 0.1) is 12.1 Å². The maximum absolute atomic E-state index is 5.90. The number of aromatic nitrogens is 1. The van der Waals surface area contributed by atoms with Crippen LogP contribution in [0.4, 0.5) is 11.4 Å². The number of ether oxygens (including phenoxy) is 1. The number of pyridine rings is 1. The average Bonchev–Trinajstić information content (AvgIpc) is 2.40. The van der Waals surface area contributed by atoms with Crippen LogP contribution >= 0.6 is 0 Å². The molecule has 0 spiro atoms. The molecule has 2 aromatic rings. The topological polar surface area (TPSA) is 60.2 Å². The zero-order valence-corrected chi connectivity index (χ0v) is 12.4. The summed E-state index contributed by atoms with van der Waals surface area (Å²) in [4.78, 5) is 4.55. The lowest BCUT2D eigenvalue weighted by atomic mass is 10.1. The Hall–Kier alpha value is -1.81. The Kier molecular flexibility index (Phi) is 4.79. The van der Waals surface area contributed by atoms with E-state index in [4.69, 9.17) is 10.5 Å². The Morgan fingerprint density at radius 2 is 2.15 bits per heavy atom. The van der Waals surface area contributed by atoms with Crippen molar-refractivity contribution in [3.8, 4) is 0 Å². The molecular weight excluding hydrogens is 250 g/mol. The normalized spacial score (nSPS) is 12.6. The number of nitrogens with one attached hydrogen (secondary N) is 1. The van der Waals surface area contributed by atoms with E-state index < -0.39 is 0 Å². The van der Waals surface area contributed by atoms with Crippen molar-refractivity contribution >= 4 is 22.3 Å². The molecule has 4 heteroatoms. The van der Waals surface area contributed by atoms with Crippen molar-refractivity contribution in [1.29, 1.82) is 0 Å². The van der Waals surface area contributed by atoms with Gasteiger partial charge in [-0.15, -0.1) is 0 Å². The van der Waals surface area contributed by atoms with Gasteiger partial charge in [-0.1, -0.05) is 13.3 Å². The van der Waals surface area contributed by atoms with E-state index in [2.05, 4.69) is 23.3 Å². The SMILES string of the molecule is CCCC(COC)Nc1cc(C)nc2ccc(N)cc12. The molecule has 20 heavy (non-hydrogen) atoms. The quantitative estimate of drug-likeness (QED) is 0.792. The molecule has 3 N–H and O–H groups in total. The lowest BCUT2D eigenvalue weighted by Crippen LogP contribution is -2.24. The summed E-state index contributed by atoms with van der Waals surface area (Å²) in [6, 6.07) is 8.20. The molecule has 0 aliphatic rings. The Morgan fingerprint density at radius 3 is 2.85 bits per heavy atom. The van der Waals surface area contributed by atoms with Crippen LogP contribution in [0.5, 0.6) is 0 Å². The van der Waals surface area contributed by atoms with Crippen LogP contribution in [0.1, 0.15) is 25.5 Å². The Balaban J connectivity index is 2.38. The number of anilines is 2. The summed E-state index contributed by atoms with van der Waals surface area (Å²) in [5.74, 6) is 0. The van der Waals surface area contributed by atoms with E-state index in [9.17, 15) is 0 Å². The minimum absolute atomic E-state index is 0.302. The molecule has 0 fully saturated rings. The summed E-state index contributed by atoms with van der Waals surface area (Å²) in [6.07, 6.45) is 2.18. The fourth-order valence-corrected chi connectivity index (χ4v) is 2.46. The highest BCUT2D eigenvalue weighted by Gasteiger charge is 2.11. The second kappa shape index (κ2) is 6.57. The summed E-state index contributed by atoms with van der Waals surface area (Å²) in [6.45, 7) is 4.88. The van der Waals surface area contributed by atoms with Gasteiger partial charge >= 0.3 is 0 Å². The molecule has 0 bridgehead atoms.